The molecule has 0 bridgehead atoms. The highest BCUT2D eigenvalue weighted by atomic mass is 32.1. The zero-order chi connectivity index (χ0) is 23.3. The summed E-state index contributed by atoms with van der Waals surface area (Å²) in [5, 5.41) is 8.11. The number of imidazole rings is 1. The van der Waals surface area contributed by atoms with Gasteiger partial charge in [-0.15, -0.1) is 11.3 Å². The molecule has 2 N–H and O–H groups in total. The Labute approximate surface area is 202 Å². The van der Waals surface area contributed by atoms with Gasteiger partial charge in [0.05, 0.1) is 18.7 Å². The molecule has 1 aliphatic rings. The lowest BCUT2D eigenvalue weighted by Crippen LogP contribution is -2.46. The van der Waals surface area contributed by atoms with Gasteiger partial charge in [0.15, 0.2) is 4.96 Å². The van der Waals surface area contributed by atoms with E-state index in [1.54, 1.807) is 11.3 Å². The number of likely N-dealkylation sites (tertiary alicyclic amines) is 1. The van der Waals surface area contributed by atoms with Crippen LogP contribution in [0.5, 0.6) is 0 Å². The lowest BCUT2D eigenvalue weighted by atomic mass is 10.0. The van der Waals surface area contributed by atoms with Gasteiger partial charge in [0.2, 0.25) is 11.8 Å². The quantitative estimate of drug-likeness (QED) is 0.428. The molecule has 5 rings (SSSR count). The van der Waals surface area contributed by atoms with Crippen LogP contribution in [-0.4, -0.2) is 51.8 Å². The first-order valence-electron chi connectivity index (χ1n) is 11.5. The van der Waals surface area contributed by atoms with Gasteiger partial charge in [-0.3, -0.25) is 18.9 Å². The Bertz CT molecular complexity index is 1260. The molecule has 2 aromatic carbocycles. The Morgan fingerprint density at radius 2 is 1.68 bits per heavy atom. The Kier molecular flexibility index (Phi) is 6.69. The van der Waals surface area contributed by atoms with Crippen molar-refractivity contribution in [3.05, 3.63) is 77.9 Å². The maximum absolute atomic E-state index is 12.7. The van der Waals surface area contributed by atoms with Gasteiger partial charge in [-0.05, 0) is 25.0 Å². The van der Waals surface area contributed by atoms with E-state index in [1.165, 1.54) is 0 Å². The molecule has 34 heavy (non-hydrogen) atoms. The average molecular weight is 474 g/mol. The number of amides is 2. The summed E-state index contributed by atoms with van der Waals surface area (Å²) in [6, 6.07) is 19.7. The van der Waals surface area contributed by atoms with E-state index in [1.807, 2.05) is 76.6 Å². The van der Waals surface area contributed by atoms with Gasteiger partial charge >= 0.3 is 0 Å². The van der Waals surface area contributed by atoms with Crippen molar-refractivity contribution in [2.45, 2.75) is 25.3 Å². The second kappa shape index (κ2) is 10.2. The first-order chi connectivity index (χ1) is 16.6. The average Bonchev–Trinajstić information content (AvgIpc) is 3.43. The lowest BCUT2D eigenvalue weighted by molar-refractivity contribution is -0.122. The van der Waals surface area contributed by atoms with Crippen LogP contribution in [0, 0.1) is 0 Å². The highest BCUT2D eigenvalue weighted by Crippen LogP contribution is 2.24. The maximum Gasteiger partial charge on any atom is 0.238 e. The molecule has 4 aromatic rings. The highest BCUT2D eigenvalue weighted by Gasteiger charge is 2.23. The molecule has 0 saturated carbocycles. The van der Waals surface area contributed by atoms with Crippen LogP contribution in [0.4, 0.5) is 5.69 Å². The van der Waals surface area contributed by atoms with E-state index in [0.29, 0.717) is 13.0 Å². The molecule has 1 saturated heterocycles. The van der Waals surface area contributed by atoms with Crippen LogP contribution in [0.1, 0.15) is 18.5 Å². The van der Waals surface area contributed by atoms with Crippen LogP contribution < -0.4 is 10.6 Å². The third kappa shape index (κ3) is 5.35. The van der Waals surface area contributed by atoms with Gasteiger partial charge in [0.25, 0.3) is 0 Å². The standard InChI is InChI=1S/C26H27N5O2S/c32-24(15-22-18-34-26-29-23(16-31(22)26)19-7-3-1-4-8-19)27-21-11-13-30(14-12-21)17-25(33)28-20-9-5-2-6-10-20/h1-10,16,18,21H,11-15,17H2,(H,27,32)(H,28,33). The number of thiazole rings is 1. The fourth-order valence-electron chi connectivity index (χ4n) is 4.31. The van der Waals surface area contributed by atoms with Crippen LogP contribution >= 0.6 is 11.3 Å². The summed E-state index contributed by atoms with van der Waals surface area (Å²) in [4.78, 5) is 32.8. The van der Waals surface area contributed by atoms with Gasteiger partial charge < -0.3 is 10.6 Å². The molecule has 0 radical (unpaired) electrons. The number of hydrogen-bond acceptors (Lipinski definition) is 5. The molecule has 8 heteroatoms. The van der Waals surface area contributed by atoms with E-state index in [0.717, 1.165) is 53.5 Å². The van der Waals surface area contributed by atoms with E-state index < -0.39 is 0 Å². The van der Waals surface area contributed by atoms with Gasteiger partial charge in [-0.2, -0.15) is 0 Å². The molecule has 3 heterocycles. The molecule has 0 spiro atoms. The van der Waals surface area contributed by atoms with Gasteiger partial charge in [-0.25, -0.2) is 4.98 Å². The number of anilines is 1. The Balaban J connectivity index is 1.10. The molecular formula is C26H27N5O2S. The topological polar surface area (TPSA) is 78.7 Å². The minimum Gasteiger partial charge on any atom is -0.353 e. The van der Waals surface area contributed by atoms with Crippen molar-refractivity contribution in [1.82, 2.24) is 19.6 Å². The minimum absolute atomic E-state index is 0.00892. The first kappa shape index (κ1) is 22.3. The maximum atomic E-state index is 12.7. The number of carbonyl (C=O) groups is 2. The van der Waals surface area contributed by atoms with Crippen molar-refractivity contribution in [1.29, 1.82) is 0 Å². The number of aromatic nitrogens is 2. The van der Waals surface area contributed by atoms with Crippen molar-refractivity contribution in [3.8, 4) is 11.3 Å². The third-order valence-corrected chi connectivity index (χ3v) is 6.96. The Morgan fingerprint density at radius 3 is 2.41 bits per heavy atom. The van der Waals surface area contributed by atoms with Crippen LogP contribution in [0.3, 0.4) is 0 Å². The predicted octanol–water partition coefficient (Wildman–Crippen LogP) is 3.82. The molecule has 2 aromatic heterocycles. The van der Waals surface area contributed by atoms with Crippen LogP contribution in [0.25, 0.3) is 16.2 Å². The summed E-state index contributed by atoms with van der Waals surface area (Å²) >= 11 is 1.55. The SMILES string of the molecule is O=C(CN1CCC(NC(=O)Cc2csc3nc(-c4ccccc4)cn23)CC1)Nc1ccccc1. The van der Waals surface area contributed by atoms with Crippen molar-refractivity contribution in [3.63, 3.8) is 0 Å². The van der Waals surface area contributed by atoms with Crippen LogP contribution in [0.15, 0.2) is 72.2 Å². The second-order valence-electron chi connectivity index (χ2n) is 8.58. The molecule has 1 fully saturated rings. The number of piperidine rings is 1. The summed E-state index contributed by atoms with van der Waals surface area (Å²) in [6.45, 7) is 1.95. The third-order valence-electron chi connectivity index (χ3n) is 6.07. The highest BCUT2D eigenvalue weighted by molar-refractivity contribution is 7.15. The smallest absolute Gasteiger partial charge is 0.238 e. The van der Waals surface area contributed by atoms with Gasteiger partial charge in [0, 0.05) is 47.7 Å². The largest absolute Gasteiger partial charge is 0.353 e. The normalized spacial score (nSPS) is 14.8. The zero-order valence-corrected chi connectivity index (χ0v) is 19.6. The lowest BCUT2D eigenvalue weighted by Gasteiger charge is -2.31. The summed E-state index contributed by atoms with van der Waals surface area (Å²) in [5.74, 6) is 0.0142. The fraction of sp³-hybridized carbons (Fsp3) is 0.269. The number of nitrogens with one attached hydrogen (secondary N) is 2. The van der Waals surface area contributed by atoms with Crippen molar-refractivity contribution in [2.24, 2.45) is 0 Å². The van der Waals surface area contributed by atoms with Crippen molar-refractivity contribution in [2.75, 3.05) is 25.0 Å². The minimum atomic E-state index is -0.00892. The molecule has 174 valence electrons. The molecule has 2 amide bonds. The summed E-state index contributed by atoms with van der Waals surface area (Å²) in [5.41, 5.74) is 3.74. The summed E-state index contributed by atoms with van der Waals surface area (Å²) < 4.78 is 2.01. The second-order valence-corrected chi connectivity index (χ2v) is 9.42. The first-order valence-corrected chi connectivity index (χ1v) is 12.4. The van der Waals surface area contributed by atoms with E-state index >= 15 is 0 Å². The van der Waals surface area contributed by atoms with Crippen LogP contribution in [0.2, 0.25) is 0 Å². The van der Waals surface area contributed by atoms with Crippen molar-refractivity contribution < 1.29 is 9.59 Å². The number of para-hydroxylation sites is 1. The molecule has 7 nitrogen and oxygen atoms in total. The van der Waals surface area contributed by atoms with Crippen molar-refractivity contribution >= 4 is 33.8 Å². The number of fused-ring (bicyclic) bond motifs is 1. The van der Waals surface area contributed by atoms with E-state index in [9.17, 15) is 9.59 Å². The van der Waals surface area contributed by atoms with E-state index in [-0.39, 0.29) is 17.9 Å². The van der Waals surface area contributed by atoms with Gasteiger partial charge in [-0.1, -0.05) is 48.5 Å². The zero-order valence-electron chi connectivity index (χ0n) is 18.8. The summed E-state index contributed by atoms with van der Waals surface area (Å²) in [6.07, 6.45) is 4.01. The molecular weight excluding hydrogens is 446 g/mol. The number of nitrogens with zero attached hydrogens (tertiary/aromatic N) is 3. The fourth-order valence-corrected chi connectivity index (χ4v) is 5.18. The Hall–Kier alpha value is -3.49. The predicted molar refractivity (Wildman–Crippen MR) is 135 cm³/mol. The number of hydrogen-bond donors (Lipinski definition) is 2. The van der Waals surface area contributed by atoms with E-state index in [4.69, 9.17) is 4.98 Å². The molecule has 0 aliphatic carbocycles. The molecule has 1 aliphatic heterocycles. The summed E-state index contributed by atoms with van der Waals surface area (Å²) in [7, 11) is 0. The van der Waals surface area contributed by atoms with Gasteiger partial charge in [0.1, 0.15) is 0 Å². The number of rotatable bonds is 7. The molecule has 0 unspecified atom stereocenters. The van der Waals surface area contributed by atoms with E-state index in [2.05, 4.69) is 15.5 Å². The number of benzene rings is 2. The monoisotopic (exact) mass is 473 g/mol. The number of carbonyl (C=O) groups excluding carboxylic acids is 2. The van der Waals surface area contributed by atoms with Crippen LogP contribution in [-0.2, 0) is 16.0 Å². The molecule has 0 atom stereocenters. The Morgan fingerprint density at radius 1 is 0.971 bits per heavy atom.